The fraction of sp³-hybridized carbons (Fsp3) is 0.308. The normalized spacial score (nSPS) is 12.3. The molecule has 0 aromatic carbocycles. The summed E-state index contributed by atoms with van der Waals surface area (Å²) in [6, 6.07) is 0. The summed E-state index contributed by atoms with van der Waals surface area (Å²) >= 11 is 0. The molecule has 0 atom stereocenters. The Hall–Kier alpha value is -2.37. The van der Waals surface area contributed by atoms with E-state index in [0.29, 0.717) is 0 Å². The summed E-state index contributed by atoms with van der Waals surface area (Å²) in [5.74, 6) is -2.96. The van der Waals surface area contributed by atoms with Crippen molar-refractivity contribution >= 4 is 17.9 Å². The predicted octanol–water partition coefficient (Wildman–Crippen LogP) is 1.39. The van der Waals surface area contributed by atoms with Gasteiger partial charge in [0.15, 0.2) is 0 Å². The van der Waals surface area contributed by atoms with Gasteiger partial charge in [0.25, 0.3) is 0 Å². The molecule has 19 heavy (non-hydrogen) atoms. The van der Waals surface area contributed by atoms with Gasteiger partial charge in [-0.25, -0.2) is 14.4 Å². The van der Waals surface area contributed by atoms with Gasteiger partial charge in [-0.3, -0.25) is 0 Å². The number of aliphatic carboxylic acids is 2. The average Bonchev–Trinajstić information content (AvgIpc) is 2.29. The molecule has 0 bridgehead atoms. The molecule has 2 N–H and O–H groups in total. The van der Waals surface area contributed by atoms with Crippen LogP contribution in [0.4, 0.5) is 0 Å². The van der Waals surface area contributed by atoms with Gasteiger partial charge in [0.05, 0.1) is 12.2 Å². The first-order chi connectivity index (χ1) is 8.82. The van der Waals surface area contributed by atoms with Gasteiger partial charge in [0, 0.05) is 12.2 Å². The number of hydrogen-bond acceptors (Lipinski definition) is 4. The summed E-state index contributed by atoms with van der Waals surface area (Å²) in [6.45, 7) is 3.90. The standard InChI is InChI=1S/C13H16O6/c1-9(2)8-19-13(18)10(6-7-12(16)17)4-3-5-11(14)15/h3-7,9H,8H2,1-2H3,(H,14,15)(H,16,17). The van der Waals surface area contributed by atoms with Gasteiger partial charge < -0.3 is 14.9 Å². The molecule has 0 saturated carbocycles. The van der Waals surface area contributed by atoms with Crippen LogP contribution in [0.5, 0.6) is 0 Å². The van der Waals surface area contributed by atoms with Gasteiger partial charge in [0.1, 0.15) is 0 Å². The Balaban J connectivity index is 4.89. The van der Waals surface area contributed by atoms with Crippen LogP contribution in [0.2, 0.25) is 0 Å². The molecular weight excluding hydrogens is 252 g/mol. The van der Waals surface area contributed by atoms with Gasteiger partial charge in [-0.15, -0.1) is 0 Å². The third-order valence-corrected chi connectivity index (χ3v) is 1.70. The summed E-state index contributed by atoms with van der Waals surface area (Å²) in [7, 11) is 0. The molecule has 0 aromatic rings. The van der Waals surface area contributed by atoms with Crippen molar-refractivity contribution in [2.45, 2.75) is 13.8 Å². The minimum absolute atomic E-state index is 0.0412. The van der Waals surface area contributed by atoms with E-state index in [9.17, 15) is 14.4 Å². The van der Waals surface area contributed by atoms with Crippen LogP contribution in [0.3, 0.4) is 0 Å². The molecule has 0 rings (SSSR count). The first-order valence-electron chi connectivity index (χ1n) is 5.52. The van der Waals surface area contributed by atoms with Crippen LogP contribution in [0.15, 0.2) is 36.0 Å². The lowest BCUT2D eigenvalue weighted by Gasteiger charge is -2.07. The Kier molecular flexibility index (Phi) is 7.60. The van der Waals surface area contributed by atoms with Crippen molar-refractivity contribution in [2.24, 2.45) is 5.92 Å². The lowest BCUT2D eigenvalue weighted by Crippen LogP contribution is -2.11. The van der Waals surface area contributed by atoms with Crippen molar-refractivity contribution in [1.82, 2.24) is 0 Å². The molecule has 0 aromatic heterocycles. The van der Waals surface area contributed by atoms with Gasteiger partial charge in [-0.1, -0.05) is 19.9 Å². The lowest BCUT2D eigenvalue weighted by atomic mass is 10.2. The quantitative estimate of drug-likeness (QED) is 0.411. The minimum Gasteiger partial charge on any atom is -0.478 e. The molecule has 0 amide bonds. The second-order valence-corrected chi connectivity index (χ2v) is 3.98. The summed E-state index contributed by atoms with van der Waals surface area (Å²) in [4.78, 5) is 32.3. The first-order valence-corrected chi connectivity index (χ1v) is 5.52. The summed E-state index contributed by atoms with van der Waals surface area (Å²) in [5.41, 5.74) is -0.0412. The third kappa shape index (κ3) is 9.34. The number of allylic oxidation sites excluding steroid dienone is 2. The van der Waals surface area contributed by atoms with Crippen molar-refractivity contribution < 1.29 is 29.3 Å². The van der Waals surface area contributed by atoms with Crippen LogP contribution in [0.1, 0.15) is 13.8 Å². The molecule has 0 aliphatic carbocycles. The molecule has 0 saturated heterocycles. The topological polar surface area (TPSA) is 101 Å². The Bertz CT molecular complexity index is 428. The van der Waals surface area contributed by atoms with Crippen molar-refractivity contribution in [3.8, 4) is 0 Å². The monoisotopic (exact) mass is 268 g/mol. The molecule has 0 spiro atoms. The van der Waals surface area contributed by atoms with Gasteiger partial charge in [0.2, 0.25) is 0 Å². The van der Waals surface area contributed by atoms with Crippen LogP contribution in [-0.4, -0.2) is 34.7 Å². The third-order valence-electron chi connectivity index (χ3n) is 1.70. The number of hydrogen-bond donors (Lipinski definition) is 2. The van der Waals surface area contributed by atoms with E-state index in [4.69, 9.17) is 14.9 Å². The Morgan fingerprint density at radius 2 is 1.63 bits per heavy atom. The van der Waals surface area contributed by atoms with E-state index in [1.807, 2.05) is 13.8 Å². The smallest absolute Gasteiger partial charge is 0.338 e. The number of ether oxygens (including phenoxy) is 1. The number of esters is 1. The first kappa shape index (κ1) is 16.6. The molecule has 0 fully saturated rings. The Morgan fingerprint density at radius 1 is 1.05 bits per heavy atom. The second-order valence-electron chi connectivity index (χ2n) is 3.98. The molecule has 6 nitrogen and oxygen atoms in total. The van der Waals surface area contributed by atoms with Crippen molar-refractivity contribution in [3.05, 3.63) is 36.0 Å². The SMILES string of the molecule is CC(C)COC(=O)C(C=CC(=O)O)=CC=CC(=O)O. The Labute approximate surface area is 110 Å². The number of rotatable bonds is 7. The highest BCUT2D eigenvalue weighted by Gasteiger charge is 2.08. The van der Waals surface area contributed by atoms with Gasteiger partial charge in [-0.05, 0) is 18.1 Å². The van der Waals surface area contributed by atoms with Crippen LogP contribution in [-0.2, 0) is 19.1 Å². The van der Waals surface area contributed by atoms with Crippen LogP contribution in [0.25, 0.3) is 0 Å². The molecular formula is C13H16O6. The number of carbonyl (C=O) groups is 3. The van der Waals surface area contributed by atoms with Crippen LogP contribution in [0, 0.1) is 5.92 Å². The minimum atomic E-state index is -1.22. The molecule has 0 radical (unpaired) electrons. The van der Waals surface area contributed by atoms with Crippen molar-refractivity contribution in [1.29, 1.82) is 0 Å². The highest BCUT2D eigenvalue weighted by Crippen LogP contribution is 2.04. The zero-order chi connectivity index (χ0) is 14.8. The maximum atomic E-state index is 11.6. The molecule has 0 aliphatic heterocycles. The summed E-state index contributed by atoms with van der Waals surface area (Å²) in [6.07, 6.45) is 4.95. The number of carbonyl (C=O) groups excluding carboxylic acids is 1. The van der Waals surface area contributed by atoms with Crippen molar-refractivity contribution in [3.63, 3.8) is 0 Å². The second kappa shape index (κ2) is 8.68. The highest BCUT2D eigenvalue weighted by molar-refractivity contribution is 5.94. The van der Waals surface area contributed by atoms with Crippen molar-refractivity contribution in [2.75, 3.05) is 6.61 Å². The van der Waals surface area contributed by atoms with E-state index in [1.165, 1.54) is 6.08 Å². The fourth-order valence-electron chi connectivity index (χ4n) is 0.912. The maximum Gasteiger partial charge on any atom is 0.338 e. The van der Waals surface area contributed by atoms with E-state index in [1.54, 1.807) is 0 Å². The van der Waals surface area contributed by atoms with E-state index in [0.717, 1.165) is 24.3 Å². The number of carboxylic acid groups (broad SMARTS) is 2. The Morgan fingerprint density at radius 3 is 2.11 bits per heavy atom. The van der Waals surface area contributed by atoms with E-state index in [2.05, 4.69) is 0 Å². The average molecular weight is 268 g/mol. The molecule has 6 heteroatoms. The predicted molar refractivity (Wildman–Crippen MR) is 67.4 cm³/mol. The zero-order valence-electron chi connectivity index (χ0n) is 10.7. The van der Waals surface area contributed by atoms with Gasteiger partial charge in [-0.2, -0.15) is 0 Å². The molecule has 0 unspecified atom stereocenters. The molecule has 0 aliphatic rings. The highest BCUT2D eigenvalue weighted by atomic mass is 16.5. The van der Waals surface area contributed by atoms with Crippen LogP contribution < -0.4 is 0 Å². The molecule has 0 heterocycles. The largest absolute Gasteiger partial charge is 0.478 e. The number of carboxylic acids is 2. The lowest BCUT2D eigenvalue weighted by molar-refractivity contribution is -0.139. The van der Waals surface area contributed by atoms with E-state index >= 15 is 0 Å². The van der Waals surface area contributed by atoms with E-state index in [-0.39, 0.29) is 18.1 Å². The summed E-state index contributed by atoms with van der Waals surface area (Å²) < 4.78 is 4.92. The zero-order valence-corrected chi connectivity index (χ0v) is 10.7. The van der Waals surface area contributed by atoms with E-state index < -0.39 is 17.9 Å². The fourth-order valence-corrected chi connectivity index (χ4v) is 0.912. The molecule has 104 valence electrons. The maximum absolute atomic E-state index is 11.6. The van der Waals surface area contributed by atoms with Crippen LogP contribution >= 0.6 is 0 Å². The van der Waals surface area contributed by atoms with Gasteiger partial charge >= 0.3 is 17.9 Å². The summed E-state index contributed by atoms with van der Waals surface area (Å²) in [5, 5.41) is 16.9.